The first-order chi connectivity index (χ1) is 12.6. The van der Waals surface area contributed by atoms with E-state index in [1.165, 1.54) is 19.3 Å². The van der Waals surface area contributed by atoms with Crippen molar-refractivity contribution >= 4 is 5.91 Å². The van der Waals surface area contributed by atoms with Crippen LogP contribution in [0.1, 0.15) is 48.7 Å². The Morgan fingerprint density at radius 1 is 1.15 bits per heavy atom. The van der Waals surface area contributed by atoms with Crippen molar-refractivity contribution in [3.05, 3.63) is 33.7 Å². The van der Waals surface area contributed by atoms with E-state index in [4.69, 9.17) is 4.74 Å². The van der Waals surface area contributed by atoms with Gasteiger partial charge >= 0.3 is 0 Å². The molecule has 0 saturated carbocycles. The fourth-order valence-electron chi connectivity index (χ4n) is 4.02. The van der Waals surface area contributed by atoms with Gasteiger partial charge in [-0.05, 0) is 58.3 Å². The highest BCUT2D eigenvalue weighted by Crippen LogP contribution is 2.14. The highest BCUT2D eigenvalue weighted by Gasteiger charge is 2.27. The number of pyridine rings is 1. The molecule has 3 rings (SSSR count). The molecular weight excluding hydrogens is 330 g/mol. The number of nitrogens with zero attached hydrogens (tertiary/aromatic N) is 3. The first-order valence-electron chi connectivity index (χ1n) is 9.94. The van der Waals surface area contributed by atoms with Gasteiger partial charge in [-0.25, -0.2) is 0 Å². The summed E-state index contributed by atoms with van der Waals surface area (Å²) in [5.74, 6) is -0.161. The van der Waals surface area contributed by atoms with Crippen LogP contribution in [0.15, 0.2) is 16.9 Å². The summed E-state index contributed by atoms with van der Waals surface area (Å²) in [6.45, 7) is 9.40. The zero-order chi connectivity index (χ0) is 18.5. The van der Waals surface area contributed by atoms with E-state index in [2.05, 4.69) is 4.90 Å². The zero-order valence-electron chi connectivity index (χ0n) is 16.1. The van der Waals surface area contributed by atoms with Gasteiger partial charge in [-0.15, -0.1) is 0 Å². The number of piperidine rings is 1. The van der Waals surface area contributed by atoms with Crippen LogP contribution in [0.2, 0.25) is 0 Å². The summed E-state index contributed by atoms with van der Waals surface area (Å²) in [4.78, 5) is 30.0. The van der Waals surface area contributed by atoms with Gasteiger partial charge < -0.3 is 19.1 Å². The van der Waals surface area contributed by atoms with Crippen molar-refractivity contribution in [3.63, 3.8) is 0 Å². The molecule has 3 heterocycles. The minimum absolute atomic E-state index is 0.0263. The number of carbonyl (C=O) groups is 1. The molecule has 0 bridgehead atoms. The van der Waals surface area contributed by atoms with Gasteiger partial charge in [0, 0.05) is 38.5 Å². The lowest BCUT2D eigenvalue weighted by Crippen LogP contribution is -2.45. The molecule has 1 amide bonds. The van der Waals surface area contributed by atoms with Crippen LogP contribution in [-0.2, 0) is 11.3 Å². The second kappa shape index (κ2) is 8.82. The lowest BCUT2D eigenvalue weighted by atomic mass is 10.1. The Kier molecular flexibility index (Phi) is 6.48. The number of likely N-dealkylation sites (tertiary alicyclic amines) is 1. The molecule has 0 aromatic carbocycles. The molecule has 144 valence electrons. The van der Waals surface area contributed by atoms with Gasteiger partial charge in [0.25, 0.3) is 11.5 Å². The number of hydrogen-bond acceptors (Lipinski definition) is 4. The predicted molar refractivity (Wildman–Crippen MR) is 102 cm³/mol. The van der Waals surface area contributed by atoms with Gasteiger partial charge in [-0.3, -0.25) is 9.59 Å². The van der Waals surface area contributed by atoms with E-state index >= 15 is 0 Å². The molecular formula is C20H31N3O3. The summed E-state index contributed by atoms with van der Waals surface area (Å²) in [6.07, 6.45) is 4.64. The maximum absolute atomic E-state index is 13.0. The molecule has 2 fully saturated rings. The third-order valence-corrected chi connectivity index (χ3v) is 5.49. The smallest absolute Gasteiger partial charge is 0.263 e. The summed E-state index contributed by atoms with van der Waals surface area (Å²) in [5, 5.41) is 0. The van der Waals surface area contributed by atoms with Crippen LogP contribution in [0.5, 0.6) is 0 Å². The van der Waals surface area contributed by atoms with Crippen LogP contribution in [0.25, 0.3) is 0 Å². The van der Waals surface area contributed by atoms with Gasteiger partial charge in [0.05, 0.1) is 6.10 Å². The van der Waals surface area contributed by atoms with Crippen LogP contribution in [-0.4, -0.2) is 65.7 Å². The van der Waals surface area contributed by atoms with E-state index in [9.17, 15) is 9.59 Å². The number of hydrogen-bond donors (Lipinski definition) is 0. The van der Waals surface area contributed by atoms with E-state index < -0.39 is 0 Å². The lowest BCUT2D eigenvalue weighted by Gasteiger charge is -2.31. The quantitative estimate of drug-likeness (QED) is 0.822. The molecule has 0 spiro atoms. The number of rotatable bonds is 4. The number of amides is 1. The third kappa shape index (κ3) is 4.35. The normalized spacial score (nSPS) is 22.2. The van der Waals surface area contributed by atoms with Crippen LogP contribution in [0.4, 0.5) is 0 Å². The molecule has 1 aromatic heterocycles. The van der Waals surface area contributed by atoms with E-state index in [1.807, 2.05) is 24.8 Å². The van der Waals surface area contributed by atoms with E-state index in [0.717, 1.165) is 31.7 Å². The summed E-state index contributed by atoms with van der Waals surface area (Å²) in [7, 11) is 0. The lowest BCUT2D eigenvalue weighted by molar-refractivity contribution is 0.0216. The van der Waals surface area contributed by atoms with Gasteiger partial charge in [0.2, 0.25) is 0 Å². The van der Waals surface area contributed by atoms with Crippen LogP contribution < -0.4 is 5.56 Å². The molecule has 0 unspecified atom stereocenters. The first-order valence-corrected chi connectivity index (χ1v) is 9.94. The summed E-state index contributed by atoms with van der Waals surface area (Å²) in [6, 6.07) is 3.54. The van der Waals surface area contributed by atoms with Crippen molar-refractivity contribution < 1.29 is 9.53 Å². The molecule has 2 aliphatic rings. The SMILES string of the molecule is CCn1c(C)ccc(C(=O)N2CCCO[C@@H](CN3CCCCC3)C2)c1=O. The van der Waals surface area contributed by atoms with Crippen LogP contribution in [0, 0.1) is 6.92 Å². The number of ether oxygens (including phenoxy) is 1. The Morgan fingerprint density at radius 3 is 2.65 bits per heavy atom. The average Bonchev–Trinajstić information content (AvgIpc) is 2.88. The molecule has 0 N–H and O–H groups in total. The third-order valence-electron chi connectivity index (χ3n) is 5.49. The monoisotopic (exact) mass is 361 g/mol. The molecule has 6 heteroatoms. The van der Waals surface area contributed by atoms with E-state index in [-0.39, 0.29) is 23.1 Å². The molecule has 1 aromatic rings. The Bertz CT molecular complexity index is 679. The minimum Gasteiger partial charge on any atom is -0.375 e. The number of carbonyl (C=O) groups excluding carboxylic acids is 1. The topological polar surface area (TPSA) is 54.8 Å². The summed E-state index contributed by atoms with van der Waals surface area (Å²) >= 11 is 0. The van der Waals surface area contributed by atoms with Crippen molar-refractivity contribution in [2.75, 3.05) is 39.3 Å². The van der Waals surface area contributed by atoms with Crippen molar-refractivity contribution in [2.24, 2.45) is 0 Å². The highest BCUT2D eigenvalue weighted by atomic mass is 16.5. The van der Waals surface area contributed by atoms with Crippen molar-refractivity contribution in [2.45, 2.75) is 52.2 Å². The Labute approximate surface area is 155 Å². The van der Waals surface area contributed by atoms with Gasteiger partial charge in [0.15, 0.2) is 0 Å². The molecule has 26 heavy (non-hydrogen) atoms. The molecule has 6 nitrogen and oxygen atoms in total. The van der Waals surface area contributed by atoms with E-state index in [0.29, 0.717) is 26.2 Å². The van der Waals surface area contributed by atoms with E-state index in [1.54, 1.807) is 10.6 Å². The van der Waals surface area contributed by atoms with Crippen molar-refractivity contribution in [1.82, 2.24) is 14.4 Å². The van der Waals surface area contributed by atoms with Crippen molar-refractivity contribution in [1.29, 1.82) is 0 Å². The summed E-state index contributed by atoms with van der Waals surface area (Å²) < 4.78 is 7.66. The zero-order valence-corrected chi connectivity index (χ0v) is 16.1. The molecule has 0 aliphatic carbocycles. The molecule has 2 aliphatic heterocycles. The van der Waals surface area contributed by atoms with Crippen LogP contribution >= 0.6 is 0 Å². The molecule has 0 radical (unpaired) electrons. The molecule has 2 saturated heterocycles. The highest BCUT2D eigenvalue weighted by molar-refractivity contribution is 5.94. The Balaban J connectivity index is 1.72. The van der Waals surface area contributed by atoms with Crippen LogP contribution in [0.3, 0.4) is 0 Å². The fraction of sp³-hybridized carbons (Fsp3) is 0.700. The largest absolute Gasteiger partial charge is 0.375 e. The number of aryl methyl sites for hydroxylation is 1. The standard InChI is InChI=1S/C20H31N3O3/c1-3-23-16(2)8-9-18(20(23)25)19(24)22-12-7-13-26-17(15-22)14-21-10-5-4-6-11-21/h8-9,17H,3-7,10-15H2,1-2H3/t17-/m0/s1. The second-order valence-corrected chi connectivity index (χ2v) is 7.40. The second-order valence-electron chi connectivity index (χ2n) is 7.40. The Hall–Kier alpha value is -1.66. The maximum Gasteiger partial charge on any atom is 0.263 e. The molecule has 1 atom stereocenters. The fourth-order valence-corrected chi connectivity index (χ4v) is 4.02. The minimum atomic E-state index is -0.185. The van der Waals surface area contributed by atoms with Gasteiger partial charge in [-0.1, -0.05) is 6.42 Å². The van der Waals surface area contributed by atoms with Crippen molar-refractivity contribution in [3.8, 4) is 0 Å². The summed E-state index contributed by atoms with van der Waals surface area (Å²) in [5.41, 5.74) is 0.975. The van der Waals surface area contributed by atoms with Gasteiger partial charge in [-0.2, -0.15) is 0 Å². The maximum atomic E-state index is 13.0. The van der Waals surface area contributed by atoms with Gasteiger partial charge in [0.1, 0.15) is 5.56 Å². The number of aromatic nitrogens is 1. The predicted octanol–water partition coefficient (Wildman–Crippen LogP) is 1.89. The average molecular weight is 361 g/mol. The first kappa shape index (κ1) is 19.1. The Morgan fingerprint density at radius 2 is 1.92 bits per heavy atom.